The van der Waals surface area contributed by atoms with E-state index in [1.165, 1.54) is 25.9 Å². The second-order valence-corrected chi connectivity index (χ2v) is 7.47. The maximum absolute atomic E-state index is 6.09. The van der Waals surface area contributed by atoms with Gasteiger partial charge in [-0.1, -0.05) is 0 Å². The van der Waals surface area contributed by atoms with Crippen molar-refractivity contribution in [2.75, 3.05) is 33.4 Å². The van der Waals surface area contributed by atoms with Crippen LogP contribution in [0.1, 0.15) is 19.3 Å². The van der Waals surface area contributed by atoms with Crippen LogP contribution >= 0.6 is 0 Å². The fourth-order valence-corrected chi connectivity index (χ4v) is 4.19. The molecule has 4 aromatic rings. The number of aromatic amines is 2. The maximum Gasteiger partial charge on any atom is 0.163 e. The number of methoxy groups -OCH3 is 1. The summed E-state index contributed by atoms with van der Waals surface area (Å²) in [4.78, 5) is 17.9. The van der Waals surface area contributed by atoms with Crippen LogP contribution < -0.4 is 9.47 Å². The van der Waals surface area contributed by atoms with E-state index in [2.05, 4.69) is 24.8 Å². The average Bonchev–Trinajstić information content (AvgIpc) is 3.51. The standard InChI is InChI=1S/C22H25N5O2/c1-28-19-11-15-17(12-20(19)29-10-4-9-27-7-2-3-8-27)26-16-5-6-24-22(21(15)16)18-13-23-14-25-18/h5-6,11-14,26H,2-4,7-10H2,1H3,(H,23,25). The Balaban J connectivity index is 1.45. The van der Waals surface area contributed by atoms with Gasteiger partial charge >= 0.3 is 0 Å². The Morgan fingerprint density at radius 3 is 2.83 bits per heavy atom. The molecule has 1 aliphatic heterocycles. The topological polar surface area (TPSA) is 79.1 Å². The molecule has 2 N–H and O–H groups in total. The summed E-state index contributed by atoms with van der Waals surface area (Å²) in [6, 6.07) is 6.05. The van der Waals surface area contributed by atoms with Crippen LogP contribution in [0.4, 0.5) is 0 Å². The molecule has 1 saturated heterocycles. The van der Waals surface area contributed by atoms with Crippen molar-refractivity contribution >= 4 is 21.8 Å². The quantitative estimate of drug-likeness (QED) is 0.466. The second kappa shape index (κ2) is 7.75. The number of nitrogens with one attached hydrogen (secondary N) is 2. The summed E-state index contributed by atoms with van der Waals surface area (Å²) in [5.74, 6) is 1.50. The van der Waals surface area contributed by atoms with Crippen LogP contribution in [0.5, 0.6) is 11.5 Å². The van der Waals surface area contributed by atoms with Crippen LogP contribution in [-0.4, -0.2) is 58.2 Å². The number of H-pyrrole nitrogens is 2. The Morgan fingerprint density at radius 2 is 2.03 bits per heavy atom. The third-order valence-corrected chi connectivity index (χ3v) is 5.62. The zero-order valence-corrected chi connectivity index (χ0v) is 16.6. The van der Waals surface area contributed by atoms with Gasteiger partial charge in [0.15, 0.2) is 11.5 Å². The lowest BCUT2D eigenvalue weighted by molar-refractivity contribution is 0.254. The van der Waals surface area contributed by atoms with Crippen molar-refractivity contribution in [2.45, 2.75) is 19.3 Å². The van der Waals surface area contributed by atoms with Crippen LogP contribution in [0.15, 0.2) is 36.9 Å². The number of nitrogens with zero attached hydrogens (tertiary/aromatic N) is 3. The molecular formula is C22H25N5O2. The fraction of sp³-hybridized carbons (Fsp3) is 0.364. The average molecular weight is 391 g/mol. The van der Waals surface area contributed by atoms with E-state index in [1.54, 1.807) is 25.8 Å². The lowest BCUT2D eigenvalue weighted by Crippen LogP contribution is -2.21. The molecule has 29 heavy (non-hydrogen) atoms. The molecule has 0 unspecified atom stereocenters. The lowest BCUT2D eigenvalue weighted by Gasteiger charge is -2.15. The number of hydrogen-bond acceptors (Lipinski definition) is 5. The van der Waals surface area contributed by atoms with Crippen molar-refractivity contribution in [1.29, 1.82) is 0 Å². The van der Waals surface area contributed by atoms with Crippen molar-refractivity contribution in [2.24, 2.45) is 0 Å². The Bertz CT molecular complexity index is 1110. The van der Waals surface area contributed by atoms with Crippen molar-refractivity contribution < 1.29 is 9.47 Å². The van der Waals surface area contributed by atoms with Gasteiger partial charge in [0.1, 0.15) is 0 Å². The van der Waals surface area contributed by atoms with Crippen molar-refractivity contribution in [1.82, 2.24) is 24.8 Å². The van der Waals surface area contributed by atoms with Gasteiger partial charge in [0.2, 0.25) is 0 Å². The minimum absolute atomic E-state index is 0.680. The van der Waals surface area contributed by atoms with Gasteiger partial charge in [-0.3, -0.25) is 4.98 Å². The van der Waals surface area contributed by atoms with Gasteiger partial charge in [0.05, 0.1) is 48.7 Å². The number of pyridine rings is 1. The summed E-state index contributed by atoms with van der Waals surface area (Å²) in [6.07, 6.45) is 8.92. The van der Waals surface area contributed by atoms with Gasteiger partial charge in [-0.25, -0.2) is 4.98 Å². The summed E-state index contributed by atoms with van der Waals surface area (Å²) < 4.78 is 11.7. The molecule has 1 aromatic carbocycles. The third kappa shape index (κ3) is 3.42. The third-order valence-electron chi connectivity index (χ3n) is 5.62. The minimum Gasteiger partial charge on any atom is -0.493 e. The molecule has 150 valence electrons. The molecule has 1 fully saturated rings. The number of rotatable bonds is 7. The molecule has 7 heteroatoms. The lowest BCUT2D eigenvalue weighted by atomic mass is 10.1. The summed E-state index contributed by atoms with van der Waals surface area (Å²) in [7, 11) is 1.68. The first kappa shape index (κ1) is 18.0. The number of ether oxygens (including phenoxy) is 2. The predicted octanol–water partition coefficient (Wildman–Crippen LogP) is 3.98. The molecule has 0 aliphatic carbocycles. The predicted molar refractivity (Wildman–Crippen MR) is 114 cm³/mol. The van der Waals surface area contributed by atoms with Gasteiger partial charge in [0, 0.05) is 29.6 Å². The van der Waals surface area contributed by atoms with Gasteiger partial charge in [0.25, 0.3) is 0 Å². The molecule has 4 heterocycles. The summed E-state index contributed by atoms with van der Waals surface area (Å²) in [5.41, 5.74) is 3.78. The first-order chi connectivity index (χ1) is 14.3. The van der Waals surface area contributed by atoms with Gasteiger partial charge in [-0.2, -0.15) is 0 Å². The molecular weight excluding hydrogens is 366 g/mol. The zero-order valence-electron chi connectivity index (χ0n) is 16.6. The monoisotopic (exact) mass is 391 g/mol. The number of fused-ring (bicyclic) bond motifs is 3. The van der Waals surface area contributed by atoms with E-state index < -0.39 is 0 Å². The fourth-order valence-electron chi connectivity index (χ4n) is 4.19. The van der Waals surface area contributed by atoms with Gasteiger partial charge in [-0.15, -0.1) is 0 Å². The molecule has 3 aromatic heterocycles. The van der Waals surface area contributed by atoms with E-state index >= 15 is 0 Å². The number of imidazole rings is 1. The molecule has 0 amide bonds. The van der Waals surface area contributed by atoms with Crippen molar-refractivity contribution in [3.63, 3.8) is 0 Å². The first-order valence-corrected chi connectivity index (χ1v) is 10.2. The highest BCUT2D eigenvalue weighted by Gasteiger charge is 2.16. The van der Waals surface area contributed by atoms with E-state index in [-0.39, 0.29) is 0 Å². The maximum atomic E-state index is 6.09. The van der Waals surface area contributed by atoms with Crippen molar-refractivity contribution in [3.05, 3.63) is 36.9 Å². The Kier molecular flexibility index (Phi) is 4.81. The van der Waals surface area contributed by atoms with Crippen LogP contribution in [0.2, 0.25) is 0 Å². The summed E-state index contributed by atoms with van der Waals surface area (Å²) in [6.45, 7) is 4.21. The highest BCUT2D eigenvalue weighted by atomic mass is 16.5. The van der Waals surface area contributed by atoms with E-state index in [9.17, 15) is 0 Å². The largest absolute Gasteiger partial charge is 0.493 e. The van der Waals surface area contributed by atoms with Crippen LogP contribution in [0, 0.1) is 0 Å². The Hall–Kier alpha value is -3.06. The zero-order chi connectivity index (χ0) is 19.6. The smallest absolute Gasteiger partial charge is 0.163 e. The second-order valence-electron chi connectivity index (χ2n) is 7.47. The highest BCUT2D eigenvalue weighted by Crippen LogP contribution is 2.38. The van der Waals surface area contributed by atoms with Gasteiger partial charge in [-0.05, 0) is 44.5 Å². The minimum atomic E-state index is 0.680. The number of likely N-dealkylation sites (tertiary alicyclic amines) is 1. The number of hydrogen-bond donors (Lipinski definition) is 2. The van der Waals surface area contributed by atoms with E-state index in [1.807, 2.05) is 18.2 Å². The van der Waals surface area contributed by atoms with E-state index in [4.69, 9.17) is 9.47 Å². The molecule has 0 bridgehead atoms. The number of aromatic nitrogens is 4. The normalized spacial score (nSPS) is 14.8. The van der Waals surface area contributed by atoms with Gasteiger partial charge < -0.3 is 24.3 Å². The van der Waals surface area contributed by atoms with Crippen LogP contribution in [-0.2, 0) is 0 Å². The SMILES string of the molecule is COc1cc2c(cc1OCCCN1CCCC1)[nH]c1ccnc(-c3cnc[nH]3)c12. The first-order valence-electron chi connectivity index (χ1n) is 10.2. The summed E-state index contributed by atoms with van der Waals surface area (Å²) >= 11 is 0. The highest BCUT2D eigenvalue weighted by molar-refractivity contribution is 6.13. The van der Waals surface area contributed by atoms with E-state index in [0.717, 1.165) is 57.7 Å². The van der Waals surface area contributed by atoms with Crippen LogP contribution in [0.25, 0.3) is 33.2 Å². The van der Waals surface area contributed by atoms with E-state index in [0.29, 0.717) is 6.61 Å². The van der Waals surface area contributed by atoms with Crippen molar-refractivity contribution in [3.8, 4) is 22.9 Å². The Labute approximate surface area is 169 Å². The molecule has 0 spiro atoms. The molecule has 5 rings (SSSR count). The molecule has 0 saturated carbocycles. The molecule has 0 radical (unpaired) electrons. The summed E-state index contributed by atoms with van der Waals surface area (Å²) in [5, 5.41) is 2.10. The molecule has 0 atom stereocenters. The Morgan fingerprint density at radius 1 is 1.14 bits per heavy atom. The molecule has 1 aliphatic rings. The molecule has 7 nitrogen and oxygen atoms in total. The van der Waals surface area contributed by atoms with Crippen LogP contribution in [0.3, 0.4) is 0 Å². The number of benzene rings is 1.